The van der Waals surface area contributed by atoms with Crippen molar-refractivity contribution in [3.63, 3.8) is 0 Å². The van der Waals surface area contributed by atoms with Gasteiger partial charge in [-0.3, -0.25) is 0 Å². The summed E-state index contributed by atoms with van der Waals surface area (Å²) >= 11 is 3.99. The lowest BCUT2D eigenvalue weighted by molar-refractivity contribution is 0.591. The molecule has 0 bridgehead atoms. The topological polar surface area (TPSA) is 6.48 Å². The lowest BCUT2D eigenvalue weighted by Crippen LogP contribution is -2.59. The van der Waals surface area contributed by atoms with Crippen molar-refractivity contribution < 1.29 is 0 Å². The summed E-state index contributed by atoms with van der Waals surface area (Å²) in [6, 6.07) is 72.0. The maximum Gasteiger partial charge on any atom is 0.277 e. The smallest absolute Gasteiger partial charge is 0.277 e. The molecule has 0 amide bonds. The number of benzene rings is 11. The molecule has 11 aromatic carbocycles. The Balaban J connectivity index is 1.09. The van der Waals surface area contributed by atoms with Gasteiger partial charge >= 0.3 is 0 Å². The van der Waals surface area contributed by atoms with Gasteiger partial charge in [0.25, 0.3) is 6.71 Å². The normalized spacial score (nSPS) is 13.7. The van der Waals surface area contributed by atoms with E-state index in [4.69, 9.17) is 0 Å². The summed E-state index contributed by atoms with van der Waals surface area (Å²) in [5.41, 5.74) is 11.5. The summed E-state index contributed by atoms with van der Waals surface area (Å²) < 4.78 is 5.47. The predicted octanol–water partition coefficient (Wildman–Crippen LogP) is 17.7. The molecule has 2 nitrogen and oxygen atoms in total. The molecule has 0 N–H and O–H groups in total. The average Bonchev–Trinajstić information content (AvgIpc) is 3.97. The van der Waals surface area contributed by atoms with Gasteiger partial charge in [0.05, 0.1) is 17.1 Å². The van der Waals surface area contributed by atoms with Crippen molar-refractivity contribution in [2.75, 3.05) is 9.80 Å². The maximum absolute atomic E-state index is 2.69. The number of rotatable bonds is 2. The largest absolute Gasteiger partial charge is 0.310 e. The fraction of sp³-hybridized carbons (Fsp3) is 0.121. The number of hydrogen-bond acceptors (Lipinski definition) is 4. The van der Waals surface area contributed by atoms with Crippen LogP contribution in [-0.4, -0.2) is 6.71 Å². The summed E-state index contributed by atoms with van der Waals surface area (Å²) in [5, 5.41) is 18.1. The van der Waals surface area contributed by atoms with Crippen molar-refractivity contribution in [2.45, 2.75) is 52.4 Å². The predicted molar refractivity (Wildman–Crippen MR) is 314 cm³/mol. The van der Waals surface area contributed by atoms with Crippen LogP contribution in [0, 0.1) is 0 Å². The van der Waals surface area contributed by atoms with Gasteiger partial charge in [0.1, 0.15) is 0 Å². The molecule has 0 fully saturated rings. The van der Waals surface area contributed by atoms with E-state index >= 15 is 0 Å². The van der Waals surface area contributed by atoms with Crippen molar-refractivity contribution in [1.82, 2.24) is 0 Å². The van der Waals surface area contributed by atoms with Gasteiger partial charge in [-0.15, -0.1) is 22.7 Å². The monoisotopic (exact) mass is 944 g/mol. The van der Waals surface area contributed by atoms with Gasteiger partial charge in [-0.05, 0) is 141 Å². The minimum Gasteiger partial charge on any atom is -0.310 e. The van der Waals surface area contributed by atoms with Gasteiger partial charge in [0.15, 0.2) is 0 Å². The average molecular weight is 945 g/mol. The lowest BCUT2D eigenvalue weighted by atomic mass is 9.39. The Kier molecular flexibility index (Phi) is 8.49. The molecule has 2 aliphatic heterocycles. The quantitative estimate of drug-likeness (QED) is 0.126. The van der Waals surface area contributed by atoms with E-state index in [9.17, 15) is 0 Å². The molecule has 0 aliphatic carbocycles. The summed E-state index contributed by atoms with van der Waals surface area (Å²) in [6.07, 6.45) is 0. The van der Waals surface area contributed by atoms with E-state index in [1.54, 1.807) is 0 Å². The van der Waals surface area contributed by atoms with Crippen molar-refractivity contribution in [2.24, 2.45) is 0 Å². The Morgan fingerprint density at radius 3 is 1.24 bits per heavy atom. The first kappa shape index (κ1) is 41.4. The van der Waals surface area contributed by atoms with Gasteiger partial charge in [-0.1, -0.05) is 175 Å². The Morgan fingerprint density at radius 1 is 0.338 bits per heavy atom. The Hall–Kier alpha value is -7.44. The van der Waals surface area contributed by atoms with E-state index in [0.29, 0.717) is 0 Å². The molecule has 13 aromatic rings. The fourth-order valence-corrected chi connectivity index (χ4v) is 15.2. The molecule has 0 saturated heterocycles. The number of fused-ring (bicyclic) bond motifs is 20. The van der Waals surface area contributed by atoms with Crippen molar-refractivity contribution in [3.05, 3.63) is 199 Å². The highest BCUT2D eigenvalue weighted by Crippen LogP contribution is 2.53. The third kappa shape index (κ3) is 5.76. The first-order valence-corrected chi connectivity index (χ1v) is 26.7. The summed E-state index contributed by atoms with van der Waals surface area (Å²) in [4.78, 5) is 5.34. The highest BCUT2D eigenvalue weighted by atomic mass is 32.1. The van der Waals surface area contributed by atoms with Gasteiger partial charge < -0.3 is 9.80 Å². The Labute approximate surface area is 422 Å². The van der Waals surface area contributed by atoms with Gasteiger partial charge in [-0.25, -0.2) is 0 Å². The maximum atomic E-state index is 2.69. The fourth-order valence-electron chi connectivity index (χ4n) is 12.5. The first-order valence-electron chi connectivity index (χ1n) is 25.0. The number of anilines is 6. The van der Waals surface area contributed by atoms with E-state index in [2.05, 4.69) is 239 Å². The van der Waals surface area contributed by atoms with E-state index in [-0.39, 0.29) is 17.5 Å². The molecule has 0 radical (unpaired) electrons. The van der Waals surface area contributed by atoms with Crippen LogP contribution in [-0.2, 0) is 10.8 Å². The minimum atomic E-state index is -0.0195. The summed E-state index contributed by atoms with van der Waals surface area (Å²) in [7, 11) is 0. The number of nitrogens with zero attached hydrogens (tertiary/aromatic N) is 2. The highest BCUT2D eigenvalue weighted by molar-refractivity contribution is 7.40. The van der Waals surface area contributed by atoms with E-state index in [0.717, 1.165) is 0 Å². The molecule has 338 valence electrons. The second kappa shape index (κ2) is 14.6. The van der Waals surface area contributed by atoms with Crippen molar-refractivity contribution in [1.29, 1.82) is 0 Å². The summed E-state index contributed by atoms with van der Waals surface area (Å²) in [6.45, 7) is 14.1. The second-order valence-corrected chi connectivity index (χ2v) is 24.1. The molecule has 4 heterocycles. The van der Waals surface area contributed by atoms with Crippen LogP contribution >= 0.6 is 22.7 Å². The van der Waals surface area contributed by atoms with Crippen LogP contribution in [0.4, 0.5) is 34.1 Å². The third-order valence-corrected chi connectivity index (χ3v) is 18.3. The minimum absolute atomic E-state index is 0.0147. The second-order valence-electron chi connectivity index (χ2n) is 22.0. The molecule has 0 spiro atoms. The first-order chi connectivity index (χ1) is 34.5. The Bertz CT molecular complexity index is 4390. The van der Waals surface area contributed by atoms with Crippen LogP contribution in [0.2, 0.25) is 0 Å². The van der Waals surface area contributed by atoms with Crippen LogP contribution in [0.5, 0.6) is 0 Å². The molecule has 5 heteroatoms. The van der Waals surface area contributed by atoms with Crippen LogP contribution in [0.15, 0.2) is 188 Å². The van der Waals surface area contributed by atoms with Crippen LogP contribution in [0.3, 0.4) is 0 Å². The molecule has 0 atom stereocenters. The molecule has 0 unspecified atom stereocenters. The van der Waals surface area contributed by atoms with Gasteiger partial charge in [0, 0.05) is 52.2 Å². The van der Waals surface area contributed by atoms with Crippen molar-refractivity contribution in [3.8, 4) is 0 Å². The van der Waals surface area contributed by atoms with Crippen LogP contribution in [0.25, 0.3) is 84.8 Å². The number of thiophene rings is 2. The molecule has 15 rings (SSSR count). The SMILES string of the molecule is CC(C)(C)c1ccc2sc3c(c2c1)N(c1ccc2c4ccccc4c4ccccc4c2c1)c1cccc2c1B3c1sc3ccc(C(C)(C)C)cc3c1N2c1cccc2c3ccccc3c3ccccc3c12. The van der Waals surface area contributed by atoms with Gasteiger partial charge in [0.2, 0.25) is 0 Å². The zero-order valence-electron chi connectivity index (χ0n) is 40.7. The molecule has 2 aromatic heterocycles. The lowest BCUT2D eigenvalue weighted by Gasteiger charge is -2.42. The van der Waals surface area contributed by atoms with Crippen molar-refractivity contribution >= 4 is 163 Å². The standard InChI is InChI=1S/C66H49BN2S2/c1-65(2,3)38-29-33-57-52(35-38)61-63(70-57)67-60-55(68(61)40-31-32-48-43-19-8-7-17-41(43)42-18-10-12-23-47(42)51(48)37-40)27-16-28-56(60)69(62-53-36-39(66(4,5)6)30-34-58(53)71-64(62)67)54-26-15-25-50-46-21-11-9-20-44(46)45-22-13-14-24-49(45)59(50)54/h7-37H,1-6H3. The molecule has 2 aliphatic rings. The summed E-state index contributed by atoms with van der Waals surface area (Å²) in [5.74, 6) is 0. The molecular formula is C66H49BN2S2. The van der Waals surface area contributed by atoms with Crippen LogP contribution in [0.1, 0.15) is 52.7 Å². The Morgan fingerprint density at radius 2 is 0.732 bits per heavy atom. The zero-order valence-corrected chi connectivity index (χ0v) is 42.3. The zero-order chi connectivity index (χ0) is 47.7. The number of hydrogen-bond donors (Lipinski definition) is 0. The highest BCUT2D eigenvalue weighted by Gasteiger charge is 2.47. The van der Waals surface area contributed by atoms with E-state index in [1.807, 2.05) is 22.7 Å². The molecular weight excluding hydrogens is 896 g/mol. The molecule has 71 heavy (non-hydrogen) atoms. The van der Waals surface area contributed by atoms with E-state index < -0.39 is 0 Å². The third-order valence-electron chi connectivity index (χ3n) is 15.9. The van der Waals surface area contributed by atoms with Crippen LogP contribution < -0.4 is 24.8 Å². The van der Waals surface area contributed by atoms with Gasteiger partial charge in [-0.2, -0.15) is 0 Å². The van der Waals surface area contributed by atoms with E-state index in [1.165, 1.54) is 145 Å². The molecule has 0 saturated carbocycles.